The summed E-state index contributed by atoms with van der Waals surface area (Å²) in [5, 5.41) is 14.9. The molecule has 0 aromatic carbocycles. The van der Waals surface area contributed by atoms with Crippen LogP contribution >= 0.6 is 11.6 Å². The molecular formula is C18H22ClN5O4. The van der Waals surface area contributed by atoms with Crippen molar-refractivity contribution in [1.29, 1.82) is 0 Å². The number of nitrogens with zero attached hydrogens (tertiary/aromatic N) is 4. The van der Waals surface area contributed by atoms with Gasteiger partial charge in [-0.25, -0.2) is 14.8 Å². The maximum atomic E-state index is 12.4. The Morgan fingerprint density at radius 3 is 2.86 bits per heavy atom. The summed E-state index contributed by atoms with van der Waals surface area (Å²) in [6.45, 7) is 6.39. The van der Waals surface area contributed by atoms with Crippen LogP contribution in [0.4, 0.5) is 16.2 Å². The summed E-state index contributed by atoms with van der Waals surface area (Å²) in [5.74, 6) is 0. The van der Waals surface area contributed by atoms with Crippen LogP contribution in [0.25, 0.3) is 11.0 Å². The number of rotatable bonds is 3. The van der Waals surface area contributed by atoms with Gasteiger partial charge in [-0.15, -0.1) is 0 Å². The molecule has 1 atom stereocenters. The summed E-state index contributed by atoms with van der Waals surface area (Å²) in [7, 11) is 0. The predicted molar refractivity (Wildman–Crippen MR) is 106 cm³/mol. The van der Waals surface area contributed by atoms with Gasteiger partial charge in [0, 0.05) is 19.1 Å². The van der Waals surface area contributed by atoms with Crippen molar-refractivity contribution in [3.05, 3.63) is 33.6 Å². The van der Waals surface area contributed by atoms with E-state index in [0.717, 1.165) is 12.8 Å². The molecule has 1 aliphatic heterocycles. The van der Waals surface area contributed by atoms with Crippen LogP contribution in [-0.4, -0.2) is 50.6 Å². The van der Waals surface area contributed by atoms with E-state index < -0.39 is 16.6 Å². The summed E-state index contributed by atoms with van der Waals surface area (Å²) in [5.41, 5.74) is 0.316. The van der Waals surface area contributed by atoms with Gasteiger partial charge in [0.05, 0.1) is 10.4 Å². The van der Waals surface area contributed by atoms with Crippen molar-refractivity contribution < 1.29 is 14.5 Å². The van der Waals surface area contributed by atoms with Crippen LogP contribution in [0.3, 0.4) is 0 Å². The molecule has 28 heavy (non-hydrogen) atoms. The van der Waals surface area contributed by atoms with E-state index in [0.29, 0.717) is 24.1 Å². The lowest BCUT2D eigenvalue weighted by Crippen LogP contribution is -2.47. The molecule has 3 heterocycles. The lowest BCUT2D eigenvalue weighted by molar-refractivity contribution is -0.384. The molecule has 150 valence electrons. The molecule has 1 fully saturated rings. The third kappa shape index (κ3) is 4.59. The van der Waals surface area contributed by atoms with Gasteiger partial charge in [0.25, 0.3) is 0 Å². The zero-order valence-corrected chi connectivity index (χ0v) is 16.7. The minimum absolute atomic E-state index is 0.184. The Morgan fingerprint density at radius 2 is 2.18 bits per heavy atom. The number of halogens is 1. The van der Waals surface area contributed by atoms with Crippen molar-refractivity contribution in [2.45, 2.75) is 45.3 Å². The normalized spacial score (nSPS) is 17.4. The van der Waals surface area contributed by atoms with Gasteiger partial charge in [-0.2, -0.15) is 0 Å². The summed E-state index contributed by atoms with van der Waals surface area (Å²) in [4.78, 5) is 33.3. The molecule has 1 aliphatic rings. The van der Waals surface area contributed by atoms with Crippen LogP contribution in [0.5, 0.6) is 0 Å². The first kappa shape index (κ1) is 20.1. The number of ether oxygens (including phenoxy) is 1. The first-order valence-corrected chi connectivity index (χ1v) is 9.36. The van der Waals surface area contributed by atoms with Gasteiger partial charge in [-0.05, 0) is 45.7 Å². The highest BCUT2D eigenvalue weighted by atomic mass is 35.5. The summed E-state index contributed by atoms with van der Waals surface area (Å²) in [6, 6.07) is 3.05. The van der Waals surface area contributed by atoms with Crippen molar-refractivity contribution in [2.75, 3.05) is 18.4 Å². The number of fused-ring (bicyclic) bond motifs is 1. The van der Waals surface area contributed by atoms with Crippen molar-refractivity contribution in [3.63, 3.8) is 0 Å². The number of aromatic nitrogens is 2. The minimum Gasteiger partial charge on any atom is -0.444 e. The number of hydrogen-bond donors (Lipinski definition) is 1. The van der Waals surface area contributed by atoms with E-state index in [9.17, 15) is 14.9 Å². The second-order valence-corrected chi connectivity index (χ2v) is 8.07. The van der Waals surface area contributed by atoms with E-state index in [1.165, 1.54) is 6.20 Å². The van der Waals surface area contributed by atoms with E-state index in [2.05, 4.69) is 15.3 Å². The van der Waals surface area contributed by atoms with Crippen LogP contribution in [-0.2, 0) is 4.74 Å². The molecule has 0 unspecified atom stereocenters. The molecule has 1 saturated heterocycles. The number of hydrogen-bond acceptors (Lipinski definition) is 7. The Kier molecular flexibility index (Phi) is 5.55. The van der Waals surface area contributed by atoms with Gasteiger partial charge in [0.15, 0.2) is 0 Å². The summed E-state index contributed by atoms with van der Waals surface area (Å²) < 4.78 is 5.43. The molecular weight excluding hydrogens is 386 g/mol. The molecule has 0 saturated carbocycles. The standard InChI is InChI=1S/C18H22ClN5O4/c1-18(2,3)28-17(25)23-8-4-5-11(10-23)21-16-13(24(26)27)9-20-12-6-7-14(19)22-15(12)16/h6-7,9,11H,4-5,8,10H2,1-3H3,(H,20,21)/t11-/m0/s1. The van der Waals surface area contributed by atoms with Crippen LogP contribution in [0.15, 0.2) is 18.3 Å². The molecule has 0 bridgehead atoms. The highest BCUT2D eigenvalue weighted by Gasteiger charge is 2.29. The molecule has 10 heteroatoms. The number of nitro groups is 1. The third-order valence-electron chi connectivity index (χ3n) is 4.28. The molecule has 3 rings (SSSR count). The minimum atomic E-state index is -0.585. The topological polar surface area (TPSA) is 110 Å². The first-order valence-electron chi connectivity index (χ1n) is 8.98. The zero-order valence-electron chi connectivity index (χ0n) is 15.9. The number of carbonyl (C=O) groups is 1. The van der Waals surface area contributed by atoms with Crippen LogP contribution in [0.1, 0.15) is 33.6 Å². The number of likely N-dealkylation sites (tertiary alicyclic amines) is 1. The van der Waals surface area contributed by atoms with Crippen molar-refractivity contribution in [2.24, 2.45) is 0 Å². The van der Waals surface area contributed by atoms with Gasteiger partial charge in [-0.1, -0.05) is 11.6 Å². The van der Waals surface area contributed by atoms with Gasteiger partial charge in [-0.3, -0.25) is 10.1 Å². The first-order chi connectivity index (χ1) is 13.1. The van der Waals surface area contributed by atoms with E-state index in [1.807, 2.05) is 20.8 Å². The van der Waals surface area contributed by atoms with E-state index in [1.54, 1.807) is 17.0 Å². The highest BCUT2D eigenvalue weighted by molar-refractivity contribution is 6.29. The number of anilines is 1. The van der Waals surface area contributed by atoms with Crippen LogP contribution in [0, 0.1) is 10.1 Å². The predicted octanol–water partition coefficient (Wildman–Crippen LogP) is 4.00. The molecule has 0 radical (unpaired) electrons. The second kappa shape index (κ2) is 7.75. The monoisotopic (exact) mass is 407 g/mol. The second-order valence-electron chi connectivity index (χ2n) is 7.69. The van der Waals surface area contributed by atoms with Crippen molar-refractivity contribution in [1.82, 2.24) is 14.9 Å². The molecule has 2 aromatic heterocycles. The molecule has 2 aromatic rings. The van der Waals surface area contributed by atoms with E-state index >= 15 is 0 Å². The quantitative estimate of drug-likeness (QED) is 0.465. The fraction of sp³-hybridized carbons (Fsp3) is 0.500. The number of nitrogens with one attached hydrogen (secondary N) is 1. The van der Waals surface area contributed by atoms with Gasteiger partial charge in [0.1, 0.15) is 28.2 Å². The SMILES string of the molecule is CC(C)(C)OC(=O)N1CCC[C@H](Nc2c([N+](=O)[O-])cnc3ccc(Cl)nc23)C1. The van der Waals surface area contributed by atoms with Gasteiger partial charge < -0.3 is 15.0 Å². The maximum absolute atomic E-state index is 12.4. The van der Waals surface area contributed by atoms with E-state index in [4.69, 9.17) is 16.3 Å². The smallest absolute Gasteiger partial charge is 0.410 e. The van der Waals surface area contributed by atoms with Crippen molar-refractivity contribution in [3.8, 4) is 0 Å². The Hall–Kier alpha value is -2.68. The largest absolute Gasteiger partial charge is 0.444 e. The molecule has 1 N–H and O–H groups in total. The molecule has 0 spiro atoms. The number of carbonyl (C=O) groups excluding carboxylic acids is 1. The molecule has 9 nitrogen and oxygen atoms in total. The Morgan fingerprint density at radius 1 is 1.43 bits per heavy atom. The Balaban J connectivity index is 1.87. The average molecular weight is 408 g/mol. The number of pyridine rings is 2. The Bertz CT molecular complexity index is 915. The fourth-order valence-corrected chi connectivity index (χ4v) is 3.25. The van der Waals surface area contributed by atoms with Gasteiger partial charge in [0.2, 0.25) is 0 Å². The van der Waals surface area contributed by atoms with Gasteiger partial charge >= 0.3 is 11.8 Å². The number of amides is 1. The van der Waals surface area contributed by atoms with E-state index in [-0.39, 0.29) is 22.6 Å². The lowest BCUT2D eigenvalue weighted by Gasteiger charge is -2.34. The van der Waals surface area contributed by atoms with Crippen LogP contribution in [0.2, 0.25) is 5.15 Å². The highest BCUT2D eigenvalue weighted by Crippen LogP contribution is 2.32. The van der Waals surface area contributed by atoms with Crippen molar-refractivity contribution >= 4 is 40.1 Å². The zero-order chi connectivity index (χ0) is 20.5. The molecule has 0 aliphatic carbocycles. The van der Waals surface area contributed by atoms with Crippen LogP contribution < -0.4 is 5.32 Å². The summed E-state index contributed by atoms with van der Waals surface area (Å²) in [6.07, 6.45) is 2.31. The fourth-order valence-electron chi connectivity index (χ4n) is 3.10. The molecule has 1 amide bonds. The third-order valence-corrected chi connectivity index (χ3v) is 4.49. The summed E-state index contributed by atoms with van der Waals surface area (Å²) >= 11 is 5.99. The lowest BCUT2D eigenvalue weighted by atomic mass is 10.1. The Labute approximate surface area is 167 Å². The maximum Gasteiger partial charge on any atom is 0.410 e. The number of piperidine rings is 1. The average Bonchev–Trinajstić information content (AvgIpc) is 2.60.